The van der Waals surface area contributed by atoms with E-state index in [-0.39, 0.29) is 5.91 Å². The summed E-state index contributed by atoms with van der Waals surface area (Å²) < 4.78 is 0. The Morgan fingerprint density at radius 2 is 1.95 bits per heavy atom. The molecule has 0 atom stereocenters. The van der Waals surface area contributed by atoms with Gasteiger partial charge in [-0.25, -0.2) is 0 Å². The molecule has 0 spiro atoms. The third-order valence-corrected chi connectivity index (χ3v) is 3.14. The molecule has 0 aliphatic carbocycles. The minimum Gasteiger partial charge on any atom is -0.399 e. The summed E-state index contributed by atoms with van der Waals surface area (Å²) in [6.45, 7) is 3.97. The van der Waals surface area contributed by atoms with Crippen molar-refractivity contribution in [1.29, 1.82) is 0 Å². The molecule has 19 heavy (non-hydrogen) atoms. The van der Waals surface area contributed by atoms with Crippen LogP contribution in [0.1, 0.15) is 28.4 Å². The summed E-state index contributed by atoms with van der Waals surface area (Å²) in [7, 11) is 0. The van der Waals surface area contributed by atoms with Gasteiger partial charge in [-0.05, 0) is 48.7 Å². The van der Waals surface area contributed by atoms with Crippen molar-refractivity contribution in [3.8, 4) is 0 Å². The third kappa shape index (κ3) is 2.94. The second-order valence-electron chi connectivity index (χ2n) is 4.54. The van der Waals surface area contributed by atoms with E-state index in [4.69, 9.17) is 5.73 Å². The Morgan fingerprint density at radius 1 is 1.21 bits per heavy atom. The van der Waals surface area contributed by atoms with E-state index >= 15 is 0 Å². The summed E-state index contributed by atoms with van der Waals surface area (Å²) >= 11 is 0. The lowest BCUT2D eigenvalue weighted by molar-refractivity contribution is 0.102. The first-order valence-electron chi connectivity index (χ1n) is 6.37. The Hall–Kier alpha value is -2.29. The monoisotopic (exact) mass is 254 g/mol. The second-order valence-corrected chi connectivity index (χ2v) is 4.54. The summed E-state index contributed by atoms with van der Waals surface area (Å²) in [4.78, 5) is 12.3. The molecule has 0 saturated carbocycles. The normalized spacial score (nSPS) is 10.2. The molecular formula is C16H18N2O. The number of nitrogen functional groups attached to an aromatic ring is 1. The molecule has 0 unspecified atom stereocenters. The SMILES string of the molecule is CCc1ccccc1C(=O)Nc1ccc(N)cc1C. The fourth-order valence-electron chi connectivity index (χ4n) is 2.07. The zero-order valence-corrected chi connectivity index (χ0v) is 11.2. The van der Waals surface area contributed by atoms with Crippen LogP contribution in [0.2, 0.25) is 0 Å². The van der Waals surface area contributed by atoms with Crippen LogP contribution in [-0.2, 0) is 6.42 Å². The van der Waals surface area contributed by atoms with E-state index in [1.54, 1.807) is 6.07 Å². The average molecular weight is 254 g/mol. The molecule has 98 valence electrons. The Balaban J connectivity index is 2.26. The second kappa shape index (κ2) is 5.57. The summed E-state index contributed by atoms with van der Waals surface area (Å²) in [5.74, 6) is -0.0784. The van der Waals surface area contributed by atoms with Crippen molar-refractivity contribution in [1.82, 2.24) is 0 Å². The van der Waals surface area contributed by atoms with E-state index in [0.717, 1.165) is 28.8 Å². The highest BCUT2D eigenvalue weighted by molar-refractivity contribution is 6.05. The Morgan fingerprint density at radius 3 is 2.63 bits per heavy atom. The molecule has 0 fully saturated rings. The number of carbonyl (C=O) groups is 1. The van der Waals surface area contributed by atoms with Crippen molar-refractivity contribution >= 4 is 17.3 Å². The molecule has 3 N–H and O–H groups in total. The molecule has 0 aliphatic rings. The zero-order chi connectivity index (χ0) is 13.8. The van der Waals surface area contributed by atoms with E-state index in [9.17, 15) is 4.79 Å². The summed E-state index contributed by atoms with van der Waals surface area (Å²) in [6, 6.07) is 13.1. The van der Waals surface area contributed by atoms with Gasteiger partial charge in [0, 0.05) is 16.9 Å². The molecule has 0 aromatic heterocycles. The molecule has 0 aliphatic heterocycles. The lowest BCUT2D eigenvalue weighted by atomic mass is 10.0. The van der Waals surface area contributed by atoms with Gasteiger partial charge in [0.25, 0.3) is 5.91 Å². The van der Waals surface area contributed by atoms with Gasteiger partial charge in [0.15, 0.2) is 0 Å². The number of rotatable bonds is 3. The highest BCUT2D eigenvalue weighted by atomic mass is 16.1. The van der Waals surface area contributed by atoms with Gasteiger partial charge >= 0.3 is 0 Å². The van der Waals surface area contributed by atoms with Gasteiger partial charge in [0.05, 0.1) is 0 Å². The maximum absolute atomic E-state index is 12.3. The van der Waals surface area contributed by atoms with Crippen LogP contribution < -0.4 is 11.1 Å². The van der Waals surface area contributed by atoms with Crippen LogP contribution in [0.3, 0.4) is 0 Å². The van der Waals surface area contributed by atoms with Crippen molar-refractivity contribution < 1.29 is 4.79 Å². The van der Waals surface area contributed by atoms with Crippen molar-refractivity contribution in [3.63, 3.8) is 0 Å². The highest BCUT2D eigenvalue weighted by Crippen LogP contribution is 2.19. The number of nitrogens with one attached hydrogen (secondary N) is 1. The Kier molecular flexibility index (Phi) is 3.85. The van der Waals surface area contributed by atoms with Gasteiger partial charge in [-0.2, -0.15) is 0 Å². The maximum Gasteiger partial charge on any atom is 0.255 e. The number of carbonyl (C=O) groups excluding carboxylic acids is 1. The lowest BCUT2D eigenvalue weighted by Crippen LogP contribution is -2.14. The van der Waals surface area contributed by atoms with Crippen LogP contribution >= 0.6 is 0 Å². The number of hydrogen-bond acceptors (Lipinski definition) is 2. The van der Waals surface area contributed by atoms with E-state index in [1.165, 1.54) is 0 Å². The first-order valence-corrected chi connectivity index (χ1v) is 6.37. The van der Waals surface area contributed by atoms with Crippen molar-refractivity contribution in [2.75, 3.05) is 11.1 Å². The lowest BCUT2D eigenvalue weighted by Gasteiger charge is -2.11. The number of amides is 1. The number of aryl methyl sites for hydroxylation is 2. The predicted molar refractivity (Wildman–Crippen MR) is 79.4 cm³/mol. The zero-order valence-electron chi connectivity index (χ0n) is 11.2. The average Bonchev–Trinajstić information content (AvgIpc) is 2.41. The molecular weight excluding hydrogens is 236 g/mol. The van der Waals surface area contributed by atoms with E-state index in [1.807, 2.05) is 50.2 Å². The summed E-state index contributed by atoms with van der Waals surface area (Å²) in [5, 5.41) is 2.93. The topological polar surface area (TPSA) is 55.1 Å². The van der Waals surface area contributed by atoms with Gasteiger partial charge in [-0.15, -0.1) is 0 Å². The Bertz CT molecular complexity index is 605. The molecule has 2 aromatic carbocycles. The minimum absolute atomic E-state index is 0.0784. The van der Waals surface area contributed by atoms with Crippen molar-refractivity contribution in [2.45, 2.75) is 20.3 Å². The molecule has 3 nitrogen and oxygen atoms in total. The van der Waals surface area contributed by atoms with Gasteiger partial charge in [0.2, 0.25) is 0 Å². The van der Waals surface area contributed by atoms with Crippen LogP contribution in [0, 0.1) is 6.92 Å². The molecule has 2 aromatic rings. The minimum atomic E-state index is -0.0784. The largest absolute Gasteiger partial charge is 0.399 e. The molecule has 0 radical (unpaired) electrons. The molecule has 2 rings (SSSR count). The number of hydrogen-bond donors (Lipinski definition) is 2. The molecule has 0 saturated heterocycles. The van der Waals surface area contributed by atoms with E-state index < -0.39 is 0 Å². The first kappa shape index (κ1) is 13.1. The quantitative estimate of drug-likeness (QED) is 0.825. The van der Waals surface area contributed by atoms with Crippen LogP contribution in [0.4, 0.5) is 11.4 Å². The van der Waals surface area contributed by atoms with E-state index in [2.05, 4.69) is 5.32 Å². The van der Waals surface area contributed by atoms with Crippen molar-refractivity contribution in [3.05, 3.63) is 59.2 Å². The van der Waals surface area contributed by atoms with Gasteiger partial charge < -0.3 is 11.1 Å². The van der Waals surface area contributed by atoms with Crippen LogP contribution in [0.15, 0.2) is 42.5 Å². The third-order valence-electron chi connectivity index (χ3n) is 3.14. The van der Waals surface area contributed by atoms with Crippen molar-refractivity contribution in [2.24, 2.45) is 0 Å². The van der Waals surface area contributed by atoms with E-state index in [0.29, 0.717) is 5.69 Å². The van der Waals surface area contributed by atoms with Crippen LogP contribution in [0.25, 0.3) is 0 Å². The highest BCUT2D eigenvalue weighted by Gasteiger charge is 2.10. The fourth-order valence-corrected chi connectivity index (χ4v) is 2.07. The fraction of sp³-hybridized carbons (Fsp3) is 0.188. The smallest absolute Gasteiger partial charge is 0.255 e. The molecule has 0 heterocycles. The molecule has 3 heteroatoms. The molecule has 1 amide bonds. The standard InChI is InChI=1S/C16H18N2O/c1-3-12-6-4-5-7-14(12)16(19)18-15-9-8-13(17)10-11(15)2/h4-10H,3,17H2,1-2H3,(H,18,19). The van der Waals surface area contributed by atoms with Crippen LogP contribution in [0.5, 0.6) is 0 Å². The van der Waals surface area contributed by atoms with Gasteiger partial charge in [-0.3, -0.25) is 4.79 Å². The number of nitrogens with two attached hydrogens (primary N) is 1. The first-order chi connectivity index (χ1) is 9.11. The Labute approximate surface area is 113 Å². The number of anilines is 2. The summed E-state index contributed by atoms with van der Waals surface area (Å²) in [5.41, 5.74) is 9.93. The van der Waals surface area contributed by atoms with Gasteiger partial charge in [0.1, 0.15) is 0 Å². The van der Waals surface area contributed by atoms with Gasteiger partial charge in [-0.1, -0.05) is 25.1 Å². The number of benzene rings is 2. The maximum atomic E-state index is 12.3. The predicted octanol–water partition coefficient (Wildman–Crippen LogP) is 3.39. The summed E-state index contributed by atoms with van der Waals surface area (Å²) in [6.07, 6.45) is 0.838. The molecule has 0 bridgehead atoms. The van der Waals surface area contributed by atoms with Crippen LogP contribution in [-0.4, -0.2) is 5.91 Å².